The fourth-order valence-electron chi connectivity index (χ4n) is 3.46. The fourth-order valence-corrected chi connectivity index (χ4v) is 5.26. The third-order valence-corrected chi connectivity index (χ3v) is 6.57. The average Bonchev–Trinajstić information content (AvgIpc) is 3.30. The number of rotatable bonds is 2. The lowest BCUT2D eigenvalue weighted by molar-refractivity contribution is 0.468. The van der Waals surface area contributed by atoms with Gasteiger partial charge in [-0.3, -0.25) is 0 Å². The second kappa shape index (κ2) is 6.00. The van der Waals surface area contributed by atoms with Gasteiger partial charge < -0.3 is 4.42 Å². The van der Waals surface area contributed by atoms with Crippen molar-refractivity contribution in [2.24, 2.45) is 4.99 Å². The first-order valence-electron chi connectivity index (χ1n) is 8.31. The summed E-state index contributed by atoms with van der Waals surface area (Å²) in [5, 5.41) is 2.93. The molecule has 0 fully saturated rings. The summed E-state index contributed by atoms with van der Waals surface area (Å²) in [6.45, 7) is 1.71. The van der Waals surface area contributed by atoms with Crippen molar-refractivity contribution in [2.75, 3.05) is 0 Å². The Morgan fingerprint density at radius 1 is 1.15 bits per heavy atom. The maximum Gasteiger partial charge on any atom is 0.357 e. The van der Waals surface area contributed by atoms with E-state index in [-0.39, 0.29) is 11.5 Å². The van der Waals surface area contributed by atoms with Crippen molar-refractivity contribution >= 4 is 43.6 Å². The van der Waals surface area contributed by atoms with Crippen LogP contribution in [0, 0.1) is 6.92 Å². The number of aromatic nitrogens is 1. The molecule has 4 aromatic rings. The van der Waals surface area contributed by atoms with Crippen LogP contribution in [-0.4, -0.2) is 10.7 Å². The van der Waals surface area contributed by atoms with E-state index in [0.717, 1.165) is 28.2 Å². The summed E-state index contributed by atoms with van der Waals surface area (Å²) in [7, 11) is 0. The van der Waals surface area contributed by atoms with Gasteiger partial charge in [0.15, 0.2) is 5.89 Å². The average molecular weight is 378 g/mol. The van der Waals surface area contributed by atoms with Crippen molar-refractivity contribution in [3.63, 3.8) is 0 Å². The van der Waals surface area contributed by atoms with Gasteiger partial charge in [0, 0.05) is 29.7 Å². The second-order valence-corrected chi connectivity index (χ2v) is 8.17. The highest BCUT2D eigenvalue weighted by atomic mass is 32.1. The lowest BCUT2D eigenvalue weighted by atomic mass is 9.85. The van der Waals surface area contributed by atoms with Crippen molar-refractivity contribution in [1.82, 2.24) is 4.98 Å². The molecular formula is C20H14N2O2S2. The van der Waals surface area contributed by atoms with Gasteiger partial charge >= 0.3 is 5.63 Å². The molecule has 1 aliphatic heterocycles. The first-order chi connectivity index (χ1) is 12.7. The third kappa shape index (κ3) is 2.45. The number of hydrogen-bond donors (Lipinski definition) is 0. The van der Waals surface area contributed by atoms with Crippen molar-refractivity contribution < 1.29 is 4.42 Å². The summed E-state index contributed by atoms with van der Waals surface area (Å²) in [5.41, 5.74) is 3.74. The molecule has 4 nitrogen and oxygen atoms in total. The Hall–Kier alpha value is -2.57. The fraction of sp³-hybridized carbons (Fsp3) is 0.150. The Bertz CT molecular complexity index is 1190. The Labute approximate surface area is 157 Å². The lowest BCUT2D eigenvalue weighted by Gasteiger charge is -2.22. The second-order valence-electron chi connectivity index (χ2n) is 6.22. The van der Waals surface area contributed by atoms with E-state index in [1.165, 1.54) is 21.8 Å². The quantitative estimate of drug-likeness (QED) is 0.477. The number of hydrogen-bond acceptors (Lipinski definition) is 6. The van der Waals surface area contributed by atoms with Gasteiger partial charge in [0.2, 0.25) is 0 Å². The molecule has 1 atom stereocenters. The molecular weight excluding hydrogens is 364 g/mol. The van der Waals surface area contributed by atoms with Crippen LogP contribution in [0.25, 0.3) is 10.2 Å². The summed E-state index contributed by atoms with van der Waals surface area (Å²) < 4.78 is 5.76. The first-order valence-corrected chi connectivity index (χ1v) is 10.0. The summed E-state index contributed by atoms with van der Waals surface area (Å²) in [5.74, 6) is 0.520. The molecule has 26 heavy (non-hydrogen) atoms. The Balaban J connectivity index is 1.81. The van der Waals surface area contributed by atoms with Gasteiger partial charge in [-0.2, -0.15) is 0 Å². The first kappa shape index (κ1) is 15.7. The van der Waals surface area contributed by atoms with Gasteiger partial charge in [-0.15, -0.1) is 22.7 Å². The van der Waals surface area contributed by atoms with Gasteiger partial charge in [0.05, 0.1) is 11.2 Å². The summed E-state index contributed by atoms with van der Waals surface area (Å²) >= 11 is 3.07. The number of thiophene rings is 2. The molecule has 0 saturated carbocycles. The molecule has 4 heterocycles. The van der Waals surface area contributed by atoms with Crippen molar-refractivity contribution in [1.29, 1.82) is 0 Å². The van der Waals surface area contributed by atoms with Gasteiger partial charge in [-0.05, 0) is 17.0 Å². The summed E-state index contributed by atoms with van der Waals surface area (Å²) in [6, 6.07) is 14.5. The summed E-state index contributed by atoms with van der Waals surface area (Å²) in [6.07, 6.45) is 0.796. The van der Waals surface area contributed by atoms with Crippen LogP contribution in [0.3, 0.4) is 0 Å². The monoisotopic (exact) mass is 378 g/mol. The minimum atomic E-state index is -0.327. The van der Waals surface area contributed by atoms with E-state index in [1.807, 2.05) is 24.3 Å². The normalized spacial score (nSPS) is 16.5. The highest BCUT2D eigenvalue weighted by molar-refractivity contribution is 7.22. The molecule has 0 saturated heterocycles. The van der Waals surface area contributed by atoms with Gasteiger partial charge in [0.1, 0.15) is 9.70 Å². The molecule has 0 bridgehead atoms. The van der Waals surface area contributed by atoms with E-state index < -0.39 is 0 Å². The standard InChI is InChI=1S/C20H14N2O2S2/c1-11-21-17-16-13(12-6-3-2-4-7-12)10-14(15-8-5-9-25-15)22-19(16)26-18(17)20(23)24-11/h2-9,13H,10H2,1H3. The Morgan fingerprint density at radius 2 is 2.00 bits per heavy atom. The number of aryl methyl sites for hydroxylation is 1. The van der Waals surface area contributed by atoms with Crippen LogP contribution in [0.1, 0.15) is 34.2 Å². The van der Waals surface area contributed by atoms with E-state index in [4.69, 9.17) is 9.41 Å². The lowest BCUT2D eigenvalue weighted by Crippen LogP contribution is -2.13. The number of nitrogens with zero attached hydrogens (tertiary/aromatic N) is 2. The van der Waals surface area contributed by atoms with Crippen LogP contribution in [0.2, 0.25) is 0 Å². The number of aliphatic imine (C=N–C) groups is 1. The molecule has 1 aromatic carbocycles. The maximum absolute atomic E-state index is 12.3. The highest BCUT2D eigenvalue weighted by Crippen LogP contribution is 2.47. The molecule has 0 radical (unpaired) electrons. The van der Waals surface area contributed by atoms with Crippen molar-refractivity contribution in [3.05, 3.63) is 80.2 Å². The highest BCUT2D eigenvalue weighted by Gasteiger charge is 2.31. The molecule has 6 heteroatoms. The molecule has 0 N–H and O–H groups in total. The van der Waals surface area contributed by atoms with Gasteiger partial charge in [-0.1, -0.05) is 36.4 Å². The molecule has 128 valence electrons. The van der Waals surface area contributed by atoms with Crippen molar-refractivity contribution in [3.8, 4) is 0 Å². The minimum Gasteiger partial charge on any atom is -0.408 e. The number of fused-ring (bicyclic) bond motifs is 3. The zero-order valence-electron chi connectivity index (χ0n) is 13.9. The molecule has 0 spiro atoms. The van der Waals surface area contributed by atoms with Crippen molar-refractivity contribution in [2.45, 2.75) is 19.3 Å². The van der Waals surface area contributed by atoms with E-state index in [0.29, 0.717) is 10.6 Å². The molecule has 0 amide bonds. The van der Waals surface area contributed by atoms with Crippen LogP contribution >= 0.6 is 22.7 Å². The van der Waals surface area contributed by atoms with Crippen LogP contribution in [0.4, 0.5) is 5.00 Å². The molecule has 5 rings (SSSR count). The van der Waals surface area contributed by atoms with E-state index in [2.05, 4.69) is 28.6 Å². The van der Waals surface area contributed by atoms with Crippen LogP contribution < -0.4 is 5.63 Å². The van der Waals surface area contributed by atoms with Gasteiger partial charge in [0.25, 0.3) is 0 Å². The zero-order valence-corrected chi connectivity index (χ0v) is 15.6. The van der Waals surface area contributed by atoms with Crippen LogP contribution in [-0.2, 0) is 0 Å². The van der Waals surface area contributed by atoms with Crippen LogP contribution in [0.5, 0.6) is 0 Å². The largest absolute Gasteiger partial charge is 0.408 e. The molecule has 1 unspecified atom stereocenters. The maximum atomic E-state index is 12.3. The van der Waals surface area contributed by atoms with Crippen LogP contribution in [0.15, 0.2) is 62.0 Å². The predicted octanol–water partition coefficient (Wildman–Crippen LogP) is 5.28. The Morgan fingerprint density at radius 3 is 2.77 bits per heavy atom. The van der Waals surface area contributed by atoms with E-state index >= 15 is 0 Å². The third-order valence-electron chi connectivity index (χ3n) is 4.58. The smallest absolute Gasteiger partial charge is 0.357 e. The Kier molecular flexibility index (Phi) is 3.62. The molecule has 0 aliphatic carbocycles. The minimum absolute atomic E-state index is 0.128. The SMILES string of the molecule is Cc1nc2c3c(sc2c(=O)o1)N=C(c1cccs1)CC3c1ccccc1. The summed E-state index contributed by atoms with van der Waals surface area (Å²) in [4.78, 5) is 22.9. The molecule has 3 aromatic heterocycles. The predicted molar refractivity (Wildman–Crippen MR) is 106 cm³/mol. The topological polar surface area (TPSA) is 55.5 Å². The van der Waals surface area contributed by atoms with Gasteiger partial charge in [-0.25, -0.2) is 14.8 Å². The number of benzene rings is 1. The zero-order chi connectivity index (χ0) is 17.7. The van der Waals surface area contributed by atoms with E-state index in [9.17, 15) is 4.79 Å². The van der Waals surface area contributed by atoms with E-state index in [1.54, 1.807) is 18.3 Å². The molecule has 1 aliphatic rings.